The summed E-state index contributed by atoms with van der Waals surface area (Å²) in [6.07, 6.45) is 2.93. The Labute approximate surface area is 127 Å². The van der Waals surface area contributed by atoms with E-state index in [4.69, 9.17) is 16.3 Å². The topological polar surface area (TPSA) is 43.4 Å². The van der Waals surface area contributed by atoms with Gasteiger partial charge in [-0.05, 0) is 35.9 Å². The highest BCUT2D eigenvalue weighted by Crippen LogP contribution is 2.10. The molecular formula is C17H13ClO3. The predicted octanol–water partition coefficient (Wildman–Crippen LogP) is 3.78. The van der Waals surface area contributed by atoms with E-state index >= 15 is 0 Å². The second-order valence-electron chi connectivity index (χ2n) is 4.28. The lowest BCUT2D eigenvalue weighted by atomic mass is 10.1. The maximum atomic E-state index is 11.8. The highest BCUT2D eigenvalue weighted by atomic mass is 35.5. The van der Waals surface area contributed by atoms with Crippen LogP contribution in [0.4, 0.5) is 0 Å². The van der Waals surface area contributed by atoms with Crippen molar-refractivity contribution in [2.75, 3.05) is 6.61 Å². The molecule has 2 rings (SSSR count). The van der Waals surface area contributed by atoms with Crippen LogP contribution < -0.4 is 0 Å². The van der Waals surface area contributed by atoms with Gasteiger partial charge in [0.2, 0.25) is 0 Å². The molecular weight excluding hydrogens is 288 g/mol. The van der Waals surface area contributed by atoms with Gasteiger partial charge in [-0.1, -0.05) is 41.9 Å². The van der Waals surface area contributed by atoms with E-state index in [1.165, 1.54) is 6.08 Å². The molecule has 0 unspecified atom stereocenters. The van der Waals surface area contributed by atoms with Gasteiger partial charge in [0.1, 0.15) is 0 Å². The summed E-state index contributed by atoms with van der Waals surface area (Å²) in [5.41, 5.74) is 1.35. The van der Waals surface area contributed by atoms with Crippen molar-refractivity contribution in [3.63, 3.8) is 0 Å². The Hall–Kier alpha value is -2.39. The van der Waals surface area contributed by atoms with Crippen LogP contribution in [0.15, 0.2) is 60.7 Å². The van der Waals surface area contributed by atoms with Crippen LogP contribution >= 0.6 is 11.6 Å². The van der Waals surface area contributed by atoms with Crippen LogP contribution in [0, 0.1) is 0 Å². The van der Waals surface area contributed by atoms with Crippen LogP contribution in [0.5, 0.6) is 0 Å². The molecule has 2 aromatic rings. The maximum Gasteiger partial charge on any atom is 0.331 e. The molecule has 0 spiro atoms. The summed E-state index contributed by atoms with van der Waals surface area (Å²) in [6, 6.07) is 15.8. The Bertz CT molecular complexity index is 645. The van der Waals surface area contributed by atoms with Crippen molar-refractivity contribution in [3.05, 3.63) is 76.8 Å². The van der Waals surface area contributed by atoms with Crippen molar-refractivity contribution in [2.45, 2.75) is 0 Å². The Morgan fingerprint density at radius 1 is 1.00 bits per heavy atom. The fraction of sp³-hybridized carbons (Fsp3) is 0.0588. The zero-order chi connectivity index (χ0) is 15.1. The van der Waals surface area contributed by atoms with Gasteiger partial charge in [-0.3, -0.25) is 4.79 Å². The first-order valence-electron chi connectivity index (χ1n) is 6.34. The molecule has 0 saturated heterocycles. The fourth-order valence-corrected chi connectivity index (χ4v) is 1.76. The van der Waals surface area contributed by atoms with Crippen molar-refractivity contribution in [3.8, 4) is 0 Å². The van der Waals surface area contributed by atoms with E-state index in [0.29, 0.717) is 10.6 Å². The summed E-state index contributed by atoms with van der Waals surface area (Å²) in [6.45, 7) is -0.292. The Balaban J connectivity index is 1.85. The summed E-state index contributed by atoms with van der Waals surface area (Å²) < 4.78 is 4.90. The van der Waals surface area contributed by atoms with Crippen LogP contribution in [0.25, 0.3) is 6.08 Å². The second-order valence-corrected chi connectivity index (χ2v) is 4.72. The molecule has 0 N–H and O–H groups in total. The smallest absolute Gasteiger partial charge is 0.331 e. The third kappa shape index (κ3) is 4.89. The van der Waals surface area contributed by atoms with E-state index in [-0.39, 0.29) is 12.4 Å². The van der Waals surface area contributed by atoms with E-state index in [2.05, 4.69) is 0 Å². The molecule has 0 aliphatic rings. The molecule has 0 heterocycles. The second kappa shape index (κ2) is 7.41. The minimum Gasteiger partial charge on any atom is -0.454 e. The summed E-state index contributed by atoms with van der Waals surface area (Å²) in [4.78, 5) is 23.3. The molecule has 0 aliphatic heterocycles. The lowest BCUT2D eigenvalue weighted by molar-refractivity contribution is -0.136. The van der Waals surface area contributed by atoms with Crippen LogP contribution in [0.3, 0.4) is 0 Å². The third-order valence-electron chi connectivity index (χ3n) is 2.72. The molecule has 0 atom stereocenters. The number of carbonyl (C=O) groups excluding carboxylic acids is 2. The molecule has 0 radical (unpaired) electrons. The van der Waals surface area contributed by atoms with E-state index in [9.17, 15) is 9.59 Å². The average Bonchev–Trinajstić information content (AvgIpc) is 2.52. The van der Waals surface area contributed by atoms with Gasteiger partial charge in [0.05, 0.1) is 0 Å². The quantitative estimate of drug-likeness (QED) is 0.479. The first-order valence-corrected chi connectivity index (χ1v) is 6.71. The molecule has 0 bridgehead atoms. The van der Waals surface area contributed by atoms with Crippen molar-refractivity contribution in [1.29, 1.82) is 0 Å². The Morgan fingerprint density at radius 2 is 1.67 bits per heavy atom. The lowest BCUT2D eigenvalue weighted by Crippen LogP contribution is -2.12. The Morgan fingerprint density at radius 3 is 2.33 bits per heavy atom. The van der Waals surface area contributed by atoms with Gasteiger partial charge in [-0.2, -0.15) is 0 Å². The van der Waals surface area contributed by atoms with Gasteiger partial charge < -0.3 is 4.74 Å². The van der Waals surface area contributed by atoms with E-state index in [0.717, 1.165) is 5.56 Å². The number of rotatable bonds is 5. The zero-order valence-corrected chi connectivity index (χ0v) is 11.9. The summed E-state index contributed by atoms with van der Waals surface area (Å²) >= 11 is 5.74. The molecule has 2 aromatic carbocycles. The molecule has 0 amide bonds. The summed E-state index contributed by atoms with van der Waals surface area (Å²) in [5, 5.41) is 0.550. The number of Topliss-reactive ketones (excluding diaryl/α,β-unsaturated/α-hetero) is 1. The highest BCUT2D eigenvalue weighted by Gasteiger charge is 2.08. The van der Waals surface area contributed by atoms with Gasteiger partial charge in [-0.15, -0.1) is 0 Å². The van der Waals surface area contributed by atoms with E-state index in [1.807, 2.05) is 30.3 Å². The van der Waals surface area contributed by atoms with E-state index in [1.54, 1.807) is 30.3 Å². The molecule has 0 fully saturated rings. The van der Waals surface area contributed by atoms with E-state index < -0.39 is 5.97 Å². The van der Waals surface area contributed by atoms with Crippen LogP contribution in [-0.2, 0) is 9.53 Å². The monoisotopic (exact) mass is 300 g/mol. The number of hydrogen-bond donors (Lipinski definition) is 0. The number of carbonyl (C=O) groups is 2. The number of esters is 1. The minimum atomic E-state index is -0.554. The number of benzene rings is 2. The van der Waals surface area contributed by atoms with Gasteiger partial charge in [-0.25, -0.2) is 4.79 Å². The number of ketones is 1. The third-order valence-corrected chi connectivity index (χ3v) is 2.98. The van der Waals surface area contributed by atoms with Gasteiger partial charge in [0.15, 0.2) is 12.4 Å². The lowest BCUT2D eigenvalue weighted by Gasteiger charge is -2.02. The normalized spacial score (nSPS) is 10.5. The number of halogens is 1. The SMILES string of the molecule is O=C(C=Cc1ccccc1)OCC(=O)c1ccc(Cl)cc1. The Kier molecular flexibility index (Phi) is 5.29. The predicted molar refractivity (Wildman–Crippen MR) is 82.2 cm³/mol. The molecule has 3 nitrogen and oxygen atoms in total. The van der Waals surface area contributed by atoms with Crippen molar-refractivity contribution in [1.82, 2.24) is 0 Å². The van der Waals surface area contributed by atoms with Gasteiger partial charge >= 0.3 is 5.97 Å². The number of hydrogen-bond acceptors (Lipinski definition) is 3. The first kappa shape index (κ1) is 15.0. The largest absolute Gasteiger partial charge is 0.454 e. The molecule has 4 heteroatoms. The number of ether oxygens (including phenoxy) is 1. The molecule has 0 aromatic heterocycles. The first-order chi connectivity index (χ1) is 10.1. The van der Waals surface area contributed by atoms with Crippen LogP contribution in [0.1, 0.15) is 15.9 Å². The fourth-order valence-electron chi connectivity index (χ4n) is 1.63. The van der Waals surface area contributed by atoms with Crippen molar-refractivity contribution < 1.29 is 14.3 Å². The van der Waals surface area contributed by atoms with Crippen molar-refractivity contribution in [2.24, 2.45) is 0 Å². The zero-order valence-electron chi connectivity index (χ0n) is 11.2. The van der Waals surface area contributed by atoms with Gasteiger partial charge in [0, 0.05) is 16.7 Å². The molecule has 0 aliphatic carbocycles. The minimum absolute atomic E-state index is 0.270. The summed E-state index contributed by atoms with van der Waals surface area (Å²) in [5.74, 6) is -0.825. The van der Waals surface area contributed by atoms with Crippen molar-refractivity contribution >= 4 is 29.4 Å². The highest BCUT2D eigenvalue weighted by molar-refractivity contribution is 6.30. The van der Waals surface area contributed by atoms with Crippen LogP contribution in [0.2, 0.25) is 5.02 Å². The van der Waals surface area contributed by atoms with Gasteiger partial charge in [0.25, 0.3) is 0 Å². The average molecular weight is 301 g/mol. The maximum absolute atomic E-state index is 11.8. The molecule has 0 saturated carbocycles. The standard InChI is InChI=1S/C17H13ClO3/c18-15-9-7-14(8-10-15)16(19)12-21-17(20)11-6-13-4-2-1-3-5-13/h1-11H,12H2. The molecule has 21 heavy (non-hydrogen) atoms. The molecule has 106 valence electrons. The van der Waals surface area contributed by atoms with Crippen LogP contribution in [-0.4, -0.2) is 18.4 Å². The summed E-state index contributed by atoms with van der Waals surface area (Å²) in [7, 11) is 0.